The third-order valence-corrected chi connectivity index (χ3v) is 6.42. The summed E-state index contributed by atoms with van der Waals surface area (Å²) in [5, 5.41) is 2.61. The Balaban J connectivity index is 2.45. The van der Waals surface area contributed by atoms with Gasteiger partial charge < -0.3 is 10.2 Å². The number of nitrogens with zero attached hydrogens (tertiary/aromatic N) is 2. The van der Waals surface area contributed by atoms with Crippen LogP contribution in [0.5, 0.6) is 0 Å². The zero-order valence-electron chi connectivity index (χ0n) is 19.7. The van der Waals surface area contributed by atoms with Crippen LogP contribution >= 0.6 is 0 Å². The number of aryl methyl sites for hydroxylation is 3. The van der Waals surface area contributed by atoms with Gasteiger partial charge in [0.25, 0.3) is 0 Å². The normalized spacial score (nSPS) is 12.2. The number of sulfonamides is 1. The lowest BCUT2D eigenvalue weighted by Crippen LogP contribution is -2.51. The minimum absolute atomic E-state index is 0.204. The SMILES string of the molecule is CC[C@@H](C(=O)NC)N(Cc1ccc(C)cc1)C(=O)CN(c1cc(C)cc(C)c1)S(C)(=O)=O. The van der Waals surface area contributed by atoms with Crippen LogP contribution in [-0.4, -0.2) is 51.0 Å². The molecule has 0 aliphatic rings. The van der Waals surface area contributed by atoms with Crippen LogP contribution in [0.1, 0.15) is 35.6 Å². The van der Waals surface area contributed by atoms with Gasteiger partial charge in [0, 0.05) is 13.6 Å². The van der Waals surface area contributed by atoms with Crippen LogP contribution in [0.3, 0.4) is 0 Å². The summed E-state index contributed by atoms with van der Waals surface area (Å²) in [4.78, 5) is 27.5. The Bertz CT molecular complexity index is 1040. The van der Waals surface area contributed by atoms with Crippen molar-refractivity contribution in [1.82, 2.24) is 10.2 Å². The second-order valence-electron chi connectivity index (χ2n) is 8.16. The number of likely N-dealkylation sites (N-methyl/N-ethyl adjacent to an activating group) is 1. The molecule has 0 aliphatic carbocycles. The number of carbonyl (C=O) groups excluding carboxylic acids is 2. The molecule has 0 aliphatic heterocycles. The van der Waals surface area contributed by atoms with E-state index in [1.807, 2.05) is 58.0 Å². The number of rotatable bonds is 9. The molecular weight excluding hydrogens is 426 g/mol. The van der Waals surface area contributed by atoms with Crippen molar-refractivity contribution in [3.8, 4) is 0 Å². The summed E-state index contributed by atoms with van der Waals surface area (Å²) in [7, 11) is -2.21. The summed E-state index contributed by atoms with van der Waals surface area (Å²) in [5.41, 5.74) is 4.18. The molecule has 174 valence electrons. The Labute approximate surface area is 191 Å². The van der Waals surface area contributed by atoms with Crippen molar-refractivity contribution in [2.75, 3.05) is 24.2 Å². The standard InChI is InChI=1S/C24H33N3O4S/c1-7-22(24(29)25-5)26(15-20-10-8-17(2)9-11-20)23(28)16-27(32(6,30)31)21-13-18(3)12-19(4)14-21/h8-14,22H,7,15-16H2,1-6H3,(H,25,29)/t22-/m0/s1. The highest BCUT2D eigenvalue weighted by molar-refractivity contribution is 7.92. The molecule has 0 heterocycles. The van der Waals surface area contributed by atoms with E-state index in [0.29, 0.717) is 12.1 Å². The highest BCUT2D eigenvalue weighted by Crippen LogP contribution is 2.22. The van der Waals surface area contributed by atoms with E-state index < -0.39 is 22.0 Å². The molecule has 0 bridgehead atoms. The van der Waals surface area contributed by atoms with E-state index in [4.69, 9.17) is 0 Å². The van der Waals surface area contributed by atoms with E-state index in [1.165, 1.54) is 11.9 Å². The molecule has 0 saturated heterocycles. The first-order chi connectivity index (χ1) is 15.0. The van der Waals surface area contributed by atoms with Gasteiger partial charge in [0.05, 0.1) is 11.9 Å². The molecule has 0 aromatic heterocycles. The van der Waals surface area contributed by atoms with E-state index in [9.17, 15) is 18.0 Å². The van der Waals surface area contributed by atoms with Crippen molar-refractivity contribution < 1.29 is 18.0 Å². The lowest BCUT2D eigenvalue weighted by atomic mass is 10.1. The Morgan fingerprint density at radius 3 is 2.00 bits per heavy atom. The molecule has 0 saturated carbocycles. The van der Waals surface area contributed by atoms with Crippen molar-refractivity contribution in [2.45, 2.75) is 46.7 Å². The lowest BCUT2D eigenvalue weighted by molar-refractivity contribution is -0.140. The van der Waals surface area contributed by atoms with Crippen LogP contribution in [-0.2, 0) is 26.2 Å². The highest BCUT2D eigenvalue weighted by Gasteiger charge is 2.31. The molecule has 8 heteroatoms. The topological polar surface area (TPSA) is 86.8 Å². The predicted octanol–water partition coefficient (Wildman–Crippen LogP) is 2.93. The molecule has 2 rings (SSSR count). The molecule has 2 aromatic carbocycles. The van der Waals surface area contributed by atoms with E-state index in [1.54, 1.807) is 12.1 Å². The van der Waals surface area contributed by atoms with E-state index in [2.05, 4.69) is 5.32 Å². The minimum atomic E-state index is -3.73. The number of nitrogens with one attached hydrogen (secondary N) is 1. The maximum absolute atomic E-state index is 13.5. The highest BCUT2D eigenvalue weighted by atomic mass is 32.2. The Hall–Kier alpha value is -2.87. The third kappa shape index (κ3) is 6.56. The molecule has 2 aromatic rings. The largest absolute Gasteiger partial charge is 0.357 e. The van der Waals surface area contributed by atoms with Crippen molar-refractivity contribution in [3.63, 3.8) is 0 Å². The Morgan fingerprint density at radius 1 is 0.969 bits per heavy atom. The van der Waals surface area contributed by atoms with Gasteiger partial charge in [-0.05, 0) is 56.0 Å². The maximum atomic E-state index is 13.5. The smallest absolute Gasteiger partial charge is 0.244 e. The molecular formula is C24H33N3O4S. The first-order valence-electron chi connectivity index (χ1n) is 10.6. The van der Waals surface area contributed by atoms with Crippen LogP contribution < -0.4 is 9.62 Å². The summed E-state index contributed by atoms with van der Waals surface area (Å²) in [6.45, 7) is 7.37. The van der Waals surface area contributed by atoms with Crippen LogP contribution in [0.4, 0.5) is 5.69 Å². The number of anilines is 1. The van der Waals surface area contributed by atoms with Crippen LogP contribution in [0.2, 0.25) is 0 Å². The van der Waals surface area contributed by atoms with Gasteiger partial charge in [-0.2, -0.15) is 0 Å². The molecule has 2 amide bonds. The first kappa shape index (κ1) is 25.4. The summed E-state index contributed by atoms with van der Waals surface area (Å²) in [6, 6.07) is 12.4. The third-order valence-electron chi connectivity index (χ3n) is 5.28. The maximum Gasteiger partial charge on any atom is 0.244 e. The van der Waals surface area contributed by atoms with Crippen LogP contribution in [0, 0.1) is 20.8 Å². The number of hydrogen-bond acceptors (Lipinski definition) is 4. The van der Waals surface area contributed by atoms with E-state index >= 15 is 0 Å². The van der Waals surface area contributed by atoms with Gasteiger partial charge in [0.15, 0.2) is 0 Å². The zero-order chi connectivity index (χ0) is 24.1. The predicted molar refractivity (Wildman–Crippen MR) is 128 cm³/mol. The van der Waals surface area contributed by atoms with Gasteiger partial charge in [-0.3, -0.25) is 13.9 Å². The molecule has 0 radical (unpaired) electrons. The number of amides is 2. The average molecular weight is 460 g/mol. The van der Waals surface area contributed by atoms with Gasteiger partial charge >= 0.3 is 0 Å². The average Bonchev–Trinajstić information content (AvgIpc) is 2.71. The van der Waals surface area contributed by atoms with Gasteiger partial charge in [-0.15, -0.1) is 0 Å². The number of benzene rings is 2. The fourth-order valence-corrected chi connectivity index (χ4v) is 4.52. The molecule has 7 nitrogen and oxygen atoms in total. The molecule has 1 atom stereocenters. The fraction of sp³-hybridized carbons (Fsp3) is 0.417. The molecule has 0 unspecified atom stereocenters. The summed E-state index contributed by atoms with van der Waals surface area (Å²) >= 11 is 0. The quantitative estimate of drug-likeness (QED) is 0.625. The Morgan fingerprint density at radius 2 is 1.53 bits per heavy atom. The second kappa shape index (κ2) is 10.6. The molecule has 0 fully saturated rings. The zero-order valence-corrected chi connectivity index (χ0v) is 20.5. The van der Waals surface area contributed by atoms with Gasteiger partial charge in [-0.25, -0.2) is 8.42 Å². The molecule has 0 spiro atoms. The Kier molecular flexibility index (Phi) is 8.44. The van der Waals surface area contributed by atoms with E-state index in [-0.39, 0.29) is 19.0 Å². The van der Waals surface area contributed by atoms with Crippen LogP contribution in [0.25, 0.3) is 0 Å². The van der Waals surface area contributed by atoms with E-state index in [0.717, 1.165) is 32.8 Å². The summed E-state index contributed by atoms with van der Waals surface area (Å²) < 4.78 is 26.3. The van der Waals surface area contributed by atoms with Crippen molar-refractivity contribution in [2.24, 2.45) is 0 Å². The van der Waals surface area contributed by atoms with Gasteiger partial charge in [-0.1, -0.05) is 42.8 Å². The van der Waals surface area contributed by atoms with Crippen molar-refractivity contribution >= 4 is 27.5 Å². The fourth-order valence-electron chi connectivity index (χ4n) is 3.68. The van der Waals surface area contributed by atoms with Crippen LogP contribution in [0.15, 0.2) is 42.5 Å². The lowest BCUT2D eigenvalue weighted by Gasteiger charge is -2.32. The first-order valence-corrected chi connectivity index (χ1v) is 12.4. The van der Waals surface area contributed by atoms with Gasteiger partial charge in [0.2, 0.25) is 21.8 Å². The van der Waals surface area contributed by atoms with Crippen molar-refractivity contribution in [3.05, 3.63) is 64.7 Å². The molecule has 1 N–H and O–H groups in total. The minimum Gasteiger partial charge on any atom is -0.357 e. The molecule has 32 heavy (non-hydrogen) atoms. The second-order valence-corrected chi connectivity index (χ2v) is 10.1. The number of hydrogen-bond donors (Lipinski definition) is 1. The summed E-state index contributed by atoms with van der Waals surface area (Å²) in [5.74, 6) is -0.726. The number of carbonyl (C=O) groups is 2. The monoisotopic (exact) mass is 459 g/mol. The van der Waals surface area contributed by atoms with Gasteiger partial charge in [0.1, 0.15) is 12.6 Å². The van der Waals surface area contributed by atoms with Crippen molar-refractivity contribution in [1.29, 1.82) is 0 Å². The summed E-state index contributed by atoms with van der Waals surface area (Å²) in [6.07, 6.45) is 1.48.